The number of carbonyl (C=O) groups is 1. The third kappa shape index (κ3) is 4.42. The van der Waals surface area contributed by atoms with Gasteiger partial charge in [0, 0.05) is 5.25 Å². The van der Waals surface area contributed by atoms with Crippen molar-refractivity contribution in [2.24, 2.45) is 0 Å². The summed E-state index contributed by atoms with van der Waals surface area (Å²) in [6, 6.07) is 7.40. The van der Waals surface area contributed by atoms with Crippen LogP contribution in [0.3, 0.4) is 0 Å². The zero-order valence-corrected chi connectivity index (χ0v) is 13.5. The molecule has 1 aliphatic carbocycles. The molecule has 4 heteroatoms. The Morgan fingerprint density at radius 2 is 2.05 bits per heavy atom. The highest BCUT2D eigenvalue weighted by Gasteiger charge is 2.23. The Kier molecular flexibility index (Phi) is 6.24. The summed E-state index contributed by atoms with van der Waals surface area (Å²) in [7, 11) is 0. The first-order valence-corrected chi connectivity index (χ1v) is 8.73. The highest BCUT2D eigenvalue weighted by molar-refractivity contribution is 8.01. The van der Waals surface area contributed by atoms with Crippen LogP contribution in [0, 0.1) is 0 Å². The number of nitrogens with one attached hydrogen (secondary N) is 1. The second-order valence-corrected chi connectivity index (χ2v) is 7.18. The van der Waals surface area contributed by atoms with E-state index >= 15 is 0 Å². The Morgan fingerprint density at radius 3 is 2.70 bits per heavy atom. The lowest BCUT2D eigenvalue weighted by Gasteiger charge is -2.25. The van der Waals surface area contributed by atoms with Crippen LogP contribution < -0.4 is 5.32 Å². The summed E-state index contributed by atoms with van der Waals surface area (Å²) >= 11 is 7.93. The molecule has 1 N–H and O–H groups in total. The molecule has 20 heavy (non-hydrogen) atoms. The maximum Gasteiger partial charge on any atom is 0.237 e. The number of amides is 1. The lowest BCUT2D eigenvalue weighted by molar-refractivity contribution is -0.115. The molecule has 1 aliphatic rings. The molecule has 1 amide bonds. The molecule has 1 fully saturated rings. The lowest BCUT2D eigenvalue weighted by Crippen LogP contribution is -2.27. The summed E-state index contributed by atoms with van der Waals surface area (Å²) in [4.78, 5) is 12.4. The minimum absolute atomic E-state index is 0.0226. The van der Waals surface area contributed by atoms with Crippen molar-refractivity contribution in [3.8, 4) is 0 Å². The van der Waals surface area contributed by atoms with Crippen LogP contribution in [0.5, 0.6) is 0 Å². The Morgan fingerprint density at radius 1 is 1.35 bits per heavy atom. The Bertz CT molecular complexity index is 446. The van der Waals surface area contributed by atoms with Gasteiger partial charge in [-0.3, -0.25) is 4.79 Å². The van der Waals surface area contributed by atoms with Gasteiger partial charge in [-0.1, -0.05) is 49.9 Å². The number of halogens is 1. The van der Waals surface area contributed by atoms with Crippen molar-refractivity contribution in [1.29, 1.82) is 0 Å². The van der Waals surface area contributed by atoms with E-state index in [0.29, 0.717) is 16.0 Å². The number of carbonyl (C=O) groups excluding carboxylic acids is 1. The van der Waals surface area contributed by atoms with Crippen LogP contribution in [0.25, 0.3) is 0 Å². The third-order valence-electron chi connectivity index (χ3n) is 3.70. The molecule has 0 radical (unpaired) electrons. The summed E-state index contributed by atoms with van der Waals surface area (Å²) in [5, 5.41) is 4.22. The highest BCUT2D eigenvalue weighted by atomic mass is 35.5. The molecule has 0 spiro atoms. The molecule has 1 aromatic carbocycles. The van der Waals surface area contributed by atoms with Crippen LogP contribution in [0.1, 0.15) is 45.4 Å². The van der Waals surface area contributed by atoms with E-state index in [1.807, 2.05) is 30.0 Å². The van der Waals surface area contributed by atoms with Crippen LogP contribution in [0.4, 0.5) is 5.69 Å². The van der Waals surface area contributed by atoms with Crippen molar-refractivity contribution in [2.75, 3.05) is 5.32 Å². The van der Waals surface area contributed by atoms with Crippen LogP contribution in [-0.2, 0) is 4.79 Å². The van der Waals surface area contributed by atoms with E-state index in [2.05, 4.69) is 12.2 Å². The standard InChI is InChI=1S/C16H22ClNOS/c1-2-15(20-12-8-4-3-5-9-12)16(19)18-14-11-7-6-10-13(14)17/h6-7,10-12,15H,2-5,8-9H2,1H3,(H,18,19). The monoisotopic (exact) mass is 311 g/mol. The van der Waals surface area contributed by atoms with E-state index < -0.39 is 0 Å². The topological polar surface area (TPSA) is 29.1 Å². The quantitative estimate of drug-likeness (QED) is 0.817. The average Bonchev–Trinajstić information content (AvgIpc) is 2.48. The lowest BCUT2D eigenvalue weighted by atomic mass is 10.0. The maximum absolute atomic E-state index is 12.4. The van der Waals surface area contributed by atoms with Gasteiger partial charge in [-0.15, -0.1) is 11.8 Å². The second kappa shape index (κ2) is 7.94. The van der Waals surface area contributed by atoms with Gasteiger partial charge in [0.25, 0.3) is 0 Å². The molecule has 1 atom stereocenters. The normalized spacial score (nSPS) is 17.7. The molecule has 0 aliphatic heterocycles. The van der Waals surface area contributed by atoms with Gasteiger partial charge in [0.2, 0.25) is 5.91 Å². The van der Waals surface area contributed by atoms with Gasteiger partial charge < -0.3 is 5.32 Å². The molecule has 1 saturated carbocycles. The molecule has 1 aromatic rings. The van der Waals surface area contributed by atoms with Crippen molar-refractivity contribution in [3.05, 3.63) is 29.3 Å². The molecule has 0 saturated heterocycles. The molecule has 2 rings (SSSR count). The van der Waals surface area contributed by atoms with Gasteiger partial charge in [0.05, 0.1) is 16.0 Å². The SMILES string of the molecule is CCC(SC1CCCCC1)C(=O)Nc1ccccc1Cl. The van der Waals surface area contributed by atoms with Crippen molar-refractivity contribution in [1.82, 2.24) is 0 Å². The Hall–Kier alpha value is -0.670. The molecular formula is C16H22ClNOS. The first-order valence-electron chi connectivity index (χ1n) is 7.41. The van der Waals surface area contributed by atoms with Gasteiger partial charge in [0.1, 0.15) is 0 Å². The van der Waals surface area contributed by atoms with Crippen molar-refractivity contribution in [2.45, 2.75) is 55.9 Å². The van der Waals surface area contributed by atoms with Crippen LogP contribution >= 0.6 is 23.4 Å². The molecule has 0 heterocycles. The minimum Gasteiger partial charge on any atom is -0.324 e. The summed E-state index contributed by atoms with van der Waals surface area (Å²) in [5.41, 5.74) is 0.710. The molecule has 0 aromatic heterocycles. The largest absolute Gasteiger partial charge is 0.324 e. The van der Waals surface area contributed by atoms with Crippen molar-refractivity contribution >= 4 is 35.0 Å². The average molecular weight is 312 g/mol. The fourth-order valence-corrected chi connectivity index (χ4v) is 4.18. The highest BCUT2D eigenvalue weighted by Crippen LogP contribution is 2.33. The fraction of sp³-hybridized carbons (Fsp3) is 0.562. The number of rotatable bonds is 5. The van der Waals surface area contributed by atoms with E-state index in [4.69, 9.17) is 11.6 Å². The van der Waals surface area contributed by atoms with Crippen molar-refractivity contribution < 1.29 is 4.79 Å². The zero-order valence-electron chi connectivity index (χ0n) is 11.9. The molecule has 2 nitrogen and oxygen atoms in total. The summed E-state index contributed by atoms with van der Waals surface area (Å²) in [6.07, 6.45) is 7.32. The van der Waals surface area contributed by atoms with Gasteiger partial charge >= 0.3 is 0 Å². The molecule has 110 valence electrons. The maximum atomic E-state index is 12.4. The van der Waals surface area contributed by atoms with Gasteiger partial charge in [-0.05, 0) is 31.4 Å². The molecule has 1 unspecified atom stereocenters. The Balaban J connectivity index is 1.93. The zero-order chi connectivity index (χ0) is 14.4. The van der Waals surface area contributed by atoms with E-state index in [1.165, 1.54) is 32.1 Å². The van der Waals surface area contributed by atoms with Crippen LogP contribution in [0.2, 0.25) is 5.02 Å². The first-order chi connectivity index (χ1) is 9.70. The number of hydrogen-bond donors (Lipinski definition) is 1. The summed E-state index contributed by atoms with van der Waals surface area (Å²) in [6.45, 7) is 2.08. The number of benzene rings is 1. The van der Waals surface area contributed by atoms with E-state index in [-0.39, 0.29) is 11.2 Å². The predicted molar refractivity (Wildman–Crippen MR) is 88.6 cm³/mol. The predicted octanol–water partition coefficient (Wildman–Crippen LogP) is 5.12. The number of anilines is 1. The summed E-state index contributed by atoms with van der Waals surface area (Å²) < 4.78 is 0. The van der Waals surface area contributed by atoms with Gasteiger partial charge in [-0.25, -0.2) is 0 Å². The first kappa shape index (κ1) is 15.7. The van der Waals surface area contributed by atoms with Crippen LogP contribution in [0.15, 0.2) is 24.3 Å². The summed E-state index contributed by atoms with van der Waals surface area (Å²) in [5.74, 6) is 0.0798. The van der Waals surface area contributed by atoms with Crippen molar-refractivity contribution in [3.63, 3.8) is 0 Å². The minimum atomic E-state index is 0.0226. The number of thioether (sulfide) groups is 1. The van der Waals surface area contributed by atoms with Crippen LogP contribution in [-0.4, -0.2) is 16.4 Å². The smallest absolute Gasteiger partial charge is 0.237 e. The Labute approximate surface area is 130 Å². The number of hydrogen-bond acceptors (Lipinski definition) is 2. The third-order valence-corrected chi connectivity index (χ3v) is 5.77. The van der Waals surface area contributed by atoms with Gasteiger partial charge in [0.15, 0.2) is 0 Å². The molecule has 0 bridgehead atoms. The van der Waals surface area contributed by atoms with E-state index in [0.717, 1.165) is 6.42 Å². The van der Waals surface area contributed by atoms with E-state index in [9.17, 15) is 4.79 Å². The molecular weight excluding hydrogens is 290 g/mol. The van der Waals surface area contributed by atoms with E-state index in [1.54, 1.807) is 6.07 Å². The fourth-order valence-electron chi connectivity index (χ4n) is 2.55. The van der Waals surface area contributed by atoms with Gasteiger partial charge in [-0.2, -0.15) is 0 Å². The number of para-hydroxylation sites is 1. The second-order valence-electron chi connectivity index (χ2n) is 5.26.